The van der Waals surface area contributed by atoms with Gasteiger partial charge in [-0.1, -0.05) is 23.2 Å². The Morgan fingerprint density at radius 1 is 0.973 bits per heavy atom. The highest BCUT2D eigenvalue weighted by Crippen LogP contribution is 2.34. The molecule has 3 N–H and O–H groups in total. The number of fused-ring (bicyclic) bond motifs is 1. The van der Waals surface area contributed by atoms with Gasteiger partial charge in [-0.2, -0.15) is 0 Å². The van der Waals surface area contributed by atoms with Crippen LogP contribution in [0.4, 0.5) is 16.2 Å². The van der Waals surface area contributed by atoms with Crippen LogP contribution in [0.1, 0.15) is 12.8 Å². The predicted molar refractivity (Wildman–Crippen MR) is 146 cm³/mol. The fourth-order valence-electron chi connectivity index (χ4n) is 4.20. The predicted octanol–water partition coefficient (Wildman–Crippen LogP) is 5.18. The lowest BCUT2D eigenvalue weighted by Crippen LogP contribution is -2.33. The number of aromatic hydroxyl groups is 1. The SMILES string of the molecule is O=C(Nc1ccc(-n2c(O)c3ccc(N4CCCC4)cc3cc2=O)cc1)NS(=O)(=O)c1cc(Cl)c(Cl)s1. The molecule has 0 radical (unpaired) electrons. The number of hydrogen-bond donors (Lipinski definition) is 3. The number of anilines is 2. The minimum atomic E-state index is -4.17. The molecule has 4 aromatic rings. The summed E-state index contributed by atoms with van der Waals surface area (Å²) < 4.78 is 27.7. The molecule has 0 atom stereocenters. The standard InChI is InChI=1S/C24H20Cl2N4O5S2/c25-19-13-21(36-22(19)26)37(34,35)28-24(33)27-15-3-5-16(6-4-15)30-20(31)12-14-11-17(29-9-1-2-10-29)7-8-18(14)23(30)32/h3-8,11-13,32H,1-2,9-10H2,(H2,27,28,33). The Kier molecular flexibility index (Phi) is 6.80. The Morgan fingerprint density at radius 3 is 2.30 bits per heavy atom. The number of halogens is 2. The second-order valence-electron chi connectivity index (χ2n) is 8.40. The van der Waals surface area contributed by atoms with Crippen LogP contribution in [-0.2, 0) is 10.0 Å². The van der Waals surface area contributed by atoms with Crippen molar-refractivity contribution in [2.75, 3.05) is 23.3 Å². The summed E-state index contributed by atoms with van der Waals surface area (Å²) >= 11 is 12.3. The van der Waals surface area contributed by atoms with Crippen LogP contribution in [0.25, 0.3) is 16.5 Å². The summed E-state index contributed by atoms with van der Waals surface area (Å²) in [6, 6.07) is 13.3. The van der Waals surface area contributed by atoms with E-state index < -0.39 is 21.6 Å². The number of sulfonamides is 1. The number of nitrogens with zero attached hydrogens (tertiary/aromatic N) is 2. The first-order valence-electron chi connectivity index (χ1n) is 11.2. The minimum Gasteiger partial charge on any atom is -0.494 e. The van der Waals surface area contributed by atoms with E-state index in [0.717, 1.165) is 53.6 Å². The number of aromatic nitrogens is 1. The fourth-order valence-corrected chi connectivity index (χ4v) is 6.99. The van der Waals surface area contributed by atoms with Crippen molar-refractivity contribution in [3.8, 4) is 11.6 Å². The maximum atomic E-state index is 12.9. The molecular formula is C24H20Cl2N4O5S2. The van der Waals surface area contributed by atoms with Gasteiger partial charge in [0.05, 0.1) is 10.7 Å². The van der Waals surface area contributed by atoms with Gasteiger partial charge in [-0.15, -0.1) is 11.3 Å². The van der Waals surface area contributed by atoms with Gasteiger partial charge in [0.15, 0.2) is 0 Å². The van der Waals surface area contributed by atoms with Crippen molar-refractivity contribution in [1.29, 1.82) is 0 Å². The number of carbonyl (C=O) groups excluding carboxylic acids is 1. The number of hydrogen-bond acceptors (Lipinski definition) is 7. The number of rotatable bonds is 5. The number of pyridine rings is 1. The lowest BCUT2D eigenvalue weighted by Gasteiger charge is -2.19. The molecule has 37 heavy (non-hydrogen) atoms. The average molecular weight is 579 g/mol. The van der Waals surface area contributed by atoms with E-state index in [4.69, 9.17) is 23.2 Å². The maximum absolute atomic E-state index is 12.9. The summed E-state index contributed by atoms with van der Waals surface area (Å²) in [6.45, 7) is 1.94. The zero-order valence-electron chi connectivity index (χ0n) is 19.1. The summed E-state index contributed by atoms with van der Waals surface area (Å²) in [5.74, 6) is -0.201. The van der Waals surface area contributed by atoms with Gasteiger partial charge in [0.25, 0.3) is 15.6 Å². The van der Waals surface area contributed by atoms with Crippen molar-refractivity contribution in [2.45, 2.75) is 17.1 Å². The third-order valence-corrected chi connectivity index (χ3v) is 9.63. The van der Waals surface area contributed by atoms with Crippen molar-refractivity contribution < 1.29 is 18.3 Å². The minimum absolute atomic E-state index is 0.0715. The van der Waals surface area contributed by atoms with E-state index in [1.807, 2.05) is 16.9 Å². The number of urea groups is 1. The molecule has 3 heterocycles. The van der Waals surface area contributed by atoms with E-state index >= 15 is 0 Å². The second kappa shape index (κ2) is 9.90. The van der Waals surface area contributed by atoms with Crippen molar-refractivity contribution >= 4 is 72.7 Å². The highest BCUT2D eigenvalue weighted by Gasteiger charge is 2.22. The third-order valence-electron chi connectivity index (χ3n) is 5.96. The zero-order valence-corrected chi connectivity index (χ0v) is 22.2. The third kappa shape index (κ3) is 5.12. The quantitative estimate of drug-likeness (QED) is 0.300. The first-order valence-corrected chi connectivity index (χ1v) is 14.2. The molecule has 1 aliphatic rings. The number of benzene rings is 2. The normalized spacial score (nSPS) is 13.7. The van der Waals surface area contributed by atoms with E-state index in [1.54, 1.807) is 6.07 Å². The number of thiophene rings is 1. The molecule has 5 rings (SSSR count). The van der Waals surface area contributed by atoms with Crippen LogP contribution < -0.4 is 20.5 Å². The van der Waals surface area contributed by atoms with Crippen LogP contribution in [0.3, 0.4) is 0 Å². The van der Waals surface area contributed by atoms with Crippen LogP contribution in [0.2, 0.25) is 9.36 Å². The molecule has 13 heteroatoms. The lowest BCUT2D eigenvalue weighted by molar-refractivity contribution is 0.256. The number of carbonyl (C=O) groups is 1. The Labute approximate surface area is 225 Å². The van der Waals surface area contributed by atoms with Crippen LogP contribution in [0.15, 0.2) is 63.6 Å². The summed E-state index contributed by atoms with van der Waals surface area (Å²) in [7, 11) is -4.17. The van der Waals surface area contributed by atoms with Gasteiger partial charge >= 0.3 is 6.03 Å². The van der Waals surface area contributed by atoms with E-state index in [0.29, 0.717) is 16.5 Å². The van der Waals surface area contributed by atoms with Crippen LogP contribution >= 0.6 is 34.5 Å². The summed E-state index contributed by atoms with van der Waals surface area (Å²) in [6.07, 6.45) is 2.26. The van der Waals surface area contributed by atoms with Crippen LogP contribution in [-0.4, -0.2) is 37.2 Å². The van der Waals surface area contributed by atoms with E-state index in [1.165, 1.54) is 30.3 Å². The topological polar surface area (TPSA) is 121 Å². The monoisotopic (exact) mass is 578 g/mol. The largest absolute Gasteiger partial charge is 0.494 e. The molecule has 0 unspecified atom stereocenters. The van der Waals surface area contributed by atoms with E-state index in [2.05, 4.69) is 10.2 Å². The first kappa shape index (κ1) is 25.4. The fraction of sp³-hybridized carbons (Fsp3) is 0.167. The molecule has 0 saturated carbocycles. The van der Waals surface area contributed by atoms with Crippen molar-refractivity contribution in [1.82, 2.24) is 9.29 Å². The van der Waals surface area contributed by atoms with Gasteiger partial charge in [-0.25, -0.2) is 22.5 Å². The molecule has 192 valence electrons. The van der Waals surface area contributed by atoms with Gasteiger partial charge in [0.2, 0.25) is 5.88 Å². The van der Waals surface area contributed by atoms with Gasteiger partial charge in [-0.3, -0.25) is 4.79 Å². The van der Waals surface area contributed by atoms with Gasteiger partial charge < -0.3 is 15.3 Å². The molecule has 1 saturated heterocycles. The van der Waals surface area contributed by atoms with Gasteiger partial charge in [0.1, 0.15) is 8.55 Å². The molecule has 1 aliphatic heterocycles. The summed E-state index contributed by atoms with van der Waals surface area (Å²) in [5, 5.41) is 14.6. The molecule has 9 nitrogen and oxygen atoms in total. The Hall–Kier alpha value is -3.25. The summed E-state index contributed by atoms with van der Waals surface area (Å²) in [5.41, 5.74) is 1.24. The van der Waals surface area contributed by atoms with Crippen molar-refractivity contribution in [2.24, 2.45) is 0 Å². The Morgan fingerprint density at radius 2 is 1.65 bits per heavy atom. The maximum Gasteiger partial charge on any atom is 0.333 e. The molecule has 0 spiro atoms. The molecule has 2 aromatic heterocycles. The van der Waals surface area contributed by atoms with Crippen molar-refractivity contribution in [3.63, 3.8) is 0 Å². The average Bonchev–Trinajstić information content (AvgIpc) is 3.50. The summed E-state index contributed by atoms with van der Waals surface area (Å²) in [4.78, 5) is 27.4. The van der Waals surface area contributed by atoms with E-state index in [9.17, 15) is 23.1 Å². The highest BCUT2D eigenvalue weighted by atomic mass is 35.5. The van der Waals surface area contributed by atoms with Crippen LogP contribution in [0, 0.1) is 0 Å². The molecule has 0 bridgehead atoms. The number of nitrogens with one attached hydrogen (secondary N) is 2. The molecule has 2 amide bonds. The Balaban J connectivity index is 1.35. The Bertz CT molecular complexity index is 1660. The lowest BCUT2D eigenvalue weighted by atomic mass is 10.1. The highest BCUT2D eigenvalue weighted by molar-refractivity contribution is 7.92. The smallest absolute Gasteiger partial charge is 0.333 e. The molecule has 2 aromatic carbocycles. The second-order valence-corrected chi connectivity index (χ2v) is 12.4. The molecule has 0 aliphatic carbocycles. The first-order chi connectivity index (χ1) is 17.6. The van der Waals surface area contributed by atoms with E-state index in [-0.39, 0.29) is 25.1 Å². The van der Waals surface area contributed by atoms with Gasteiger partial charge in [0, 0.05) is 35.9 Å². The molecular weight excluding hydrogens is 559 g/mol. The number of amides is 2. The van der Waals surface area contributed by atoms with Crippen molar-refractivity contribution in [3.05, 3.63) is 74.3 Å². The van der Waals surface area contributed by atoms with Gasteiger partial charge in [-0.05, 0) is 66.8 Å². The zero-order chi connectivity index (χ0) is 26.3. The molecule has 1 fully saturated rings. The van der Waals surface area contributed by atoms with Crippen LogP contribution in [0.5, 0.6) is 5.88 Å².